The number of hydrogen-bond acceptors (Lipinski definition) is 6. The Hall–Kier alpha value is -3.30. The van der Waals surface area contributed by atoms with Crippen molar-refractivity contribution in [1.82, 2.24) is 10.2 Å². The topological polar surface area (TPSA) is 73.2 Å². The minimum absolute atomic E-state index is 0.195. The van der Waals surface area contributed by atoms with Crippen LogP contribution in [-0.2, 0) is 17.8 Å². The lowest BCUT2D eigenvalue weighted by molar-refractivity contribution is -0.122. The van der Waals surface area contributed by atoms with E-state index in [0.717, 1.165) is 15.8 Å². The maximum Gasteiger partial charge on any atom is 0.276 e. The number of thiocarbonyl (C=S) groups is 1. The Morgan fingerprint density at radius 2 is 1.83 bits per heavy atom. The summed E-state index contributed by atoms with van der Waals surface area (Å²) in [4.78, 5) is 14.5. The highest BCUT2D eigenvalue weighted by atomic mass is 79.9. The first-order valence-electron chi connectivity index (χ1n) is 11.7. The fraction of sp³-hybridized carbons (Fsp3) is 0.259. The van der Waals surface area contributed by atoms with Crippen molar-refractivity contribution in [3.63, 3.8) is 0 Å². The van der Waals surface area contributed by atoms with E-state index in [1.165, 1.54) is 0 Å². The zero-order valence-electron chi connectivity index (χ0n) is 20.1. The summed E-state index contributed by atoms with van der Waals surface area (Å²) in [7, 11) is 0. The first-order chi connectivity index (χ1) is 17.5. The van der Waals surface area contributed by atoms with Crippen LogP contribution in [0.2, 0.25) is 0 Å². The highest BCUT2D eigenvalue weighted by Crippen LogP contribution is 2.29. The minimum atomic E-state index is -0.195. The number of benzene rings is 2. The minimum Gasteiger partial charge on any atom is -0.490 e. The van der Waals surface area contributed by atoms with Crippen molar-refractivity contribution in [1.29, 1.82) is 0 Å². The van der Waals surface area contributed by atoms with Gasteiger partial charge in [-0.2, -0.15) is 0 Å². The van der Waals surface area contributed by atoms with Crippen molar-refractivity contribution in [2.24, 2.45) is 0 Å². The number of furan rings is 1. The molecule has 1 aliphatic heterocycles. The molecule has 1 saturated heterocycles. The molecule has 7 nitrogen and oxygen atoms in total. The van der Waals surface area contributed by atoms with Crippen LogP contribution in [0.5, 0.6) is 17.2 Å². The summed E-state index contributed by atoms with van der Waals surface area (Å²) in [6.45, 7) is 5.68. The standard InChI is InChI=1S/C27H27BrN2O5S/c1-3-32-24-11-8-18(14-25(24)33-4-2)12-13-30-26(31)23(29-27(30)36)16-21-9-10-22(35-21)17-34-20-7-5-6-19(28)15-20/h5-11,14-16H,3-4,12-13,17H2,1-2H3,(H,29,36)/b23-16+. The molecule has 1 aliphatic rings. The SMILES string of the molecule is CCOc1ccc(CCN2C(=O)/C(=C\c3ccc(COc4cccc(Br)c4)o3)NC2=S)cc1OCC. The van der Waals surface area contributed by atoms with Gasteiger partial charge < -0.3 is 23.9 Å². The Morgan fingerprint density at radius 1 is 1.03 bits per heavy atom. The van der Waals surface area contributed by atoms with Crippen LogP contribution in [0.25, 0.3) is 6.08 Å². The number of nitrogens with zero attached hydrogens (tertiary/aromatic N) is 1. The van der Waals surface area contributed by atoms with Crippen molar-refractivity contribution in [3.05, 3.63) is 81.9 Å². The Labute approximate surface area is 224 Å². The first-order valence-corrected chi connectivity index (χ1v) is 12.9. The van der Waals surface area contributed by atoms with Gasteiger partial charge in [0, 0.05) is 17.1 Å². The molecule has 1 amide bonds. The quantitative estimate of drug-likeness (QED) is 0.233. The predicted molar refractivity (Wildman–Crippen MR) is 145 cm³/mol. The largest absolute Gasteiger partial charge is 0.490 e. The highest BCUT2D eigenvalue weighted by molar-refractivity contribution is 9.10. The molecule has 0 unspecified atom stereocenters. The van der Waals surface area contributed by atoms with E-state index in [9.17, 15) is 4.79 Å². The van der Waals surface area contributed by atoms with E-state index >= 15 is 0 Å². The summed E-state index contributed by atoms with van der Waals surface area (Å²) in [6.07, 6.45) is 2.27. The first kappa shape index (κ1) is 25.8. The van der Waals surface area contributed by atoms with Crippen molar-refractivity contribution in [3.8, 4) is 17.2 Å². The predicted octanol–water partition coefficient (Wildman–Crippen LogP) is 5.72. The molecular formula is C27H27BrN2O5S. The summed E-state index contributed by atoms with van der Waals surface area (Å²) in [5.41, 5.74) is 1.39. The maximum atomic E-state index is 13.0. The van der Waals surface area contributed by atoms with Gasteiger partial charge in [-0.1, -0.05) is 28.1 Å². The molecule has 1 aromatic heterocycles. The molecule has 0 saturated carbocycles. The Balaban J connectivity index is 1.37. The van der Waals surface area contributed by atoms with E-state index in [1.54, 1.807) is 17.0 Å². The fourth-order valence-electron chi connectivity index (χ4n) is 3.67. The molecule has 1 fully saturated rings. The van der Waals surface area contributed by atoms with Gasteiger partial charge in [-0.3, -0.25) is 9.69 Å². The third kappa shape index (κ3) is 6.47. The molecule has 0 spiro atoms. The fourth-order valence-corrected chi connectivity index (χ4v) is 4.33. The number of ether oxygens (including phenoxy) is 3. The van der Waals surface area contributed by atoms with Crippen molar-refractivity contribution in [2.45, 2.75) is 26.9 Å². The lowest BCUT2D eigenvalue weighted by Gasteiger charge is -2.15. The van der Waals surface area contributed by atoms with Crippen LogP contribution in [-0.4, -0.2) is 35.7 Å². The van der Waals surface area contributed by atoms with E-state index in [0.29, 0.717) is 60.0 Å². The Morgan fingerprint density at radius 3 is 2.61 bits per heavy atom. The van der Waals surface area contributed by atoms with E-state index in [1.807, 2.05) is 62.4 Å². The third-order valence-corrected chi connectivity index (χ3v) is 6.16. The lowest BCUT2D eigenvalue weighted by atomic mass is 10.1. The second kappa shape index (κ2) is 12.1. The number of hydrogen-bond donors (Lipinski definition) is 1. The molecule has 188 valence electrons. The van der Waals surface area contributed by atoms with E-state index < -0.39 is 0 Å². The molecule has 0 aliphatic carbocycles. The monoisotopic (exact) mass is 570 g/mol. The van der Waals surface area contributed by atoms with Gasteiger partial charge in [-0.25, -0.2) is 0 Å². The molecule has 3 aromatic rings. The number of amides is 1. The number of nitrogens with one attached hydrogen (secondary N) is 1. The van der Waals surface area contributed by atoms with Gasteiger partial charge in [0.1, 0.15) is 29.6 Å². The molecule has 2 heterocycles. The smallest absolute Gasteiger partial charge is 0.276 e. The third-order valence-electron chi connectivity index (χ3n) is 5.34. The Kier molecular flexibility index (Phi) is 8.66. The van der Waals surface area contributed by atoms with Crippen molar-refractivity contribution < 1.29 is 23.4 Å². The summed E-state index contributed by atoms with van der Waals surface area (Å²) >= 11 is 8.84. The van der Waals surface area contributed by atoms with E-state index in [-0.39, 0.29) is 12.5 Å². The van der Waals surface area contributed by atoms with Gasteiger partial charge in [0.05, 0.1) is 13.2 Å². The number of carbonyl (C=O) groups is 1. The molecule has 2 aromatic carbocycles. The van der Waals surface area contributed by atoms with Crippen LogP contribution in [0.4, 0.5) is 0 Å². The number of carbonyl (C=O) groups excluding carboxylic acids is 1. The lowest BCUT2D eigenvalue weighted by Crippen LogP contribution is -2.32. The van der Waals surface area contributed by atoms with Crippen LogP contribution in [0.15, 0.2) is 69.2 Å². The van der Waals surface area contributed by atoms with Crippen LogP contribution < -0.4 is 19.5 Å². The van der Waals surface area contributed by atoms with Gasteiger partial charge in [-0.15, -0.1) is 0 Å². The number of halogens is 1. The maximum absolute atomic E-state index is 13.0. The molecule has 0 radical (unpaired) electrons. The van der Waals surface area contributed by atoms with Gasteiger partial charge in [0.25, 0.3) is 5.91 Å². The van der Waals surface area contributed by atoms with Crippen LogP contribution in [0.1, 0.15) is 30.9 Å². The van der Waals surface area contributed by atoms with Gasteiger partial charge in [0.15, 0.2) is 16.6 Å². The molecule has 1 N–H and O–H groups in total. The zero-order chi connectivity index (χ0) is 25.5. The second-order valence-electron chi connectivity index (χ2n) is 7.89. The van der Waals surface area contributed by atoms with Crippen LogP contribution in [0.3, 0.4) is 0 Å². The average molecular weight is 571 g/mol. The average Bonchev–Trinajstić information content (AvgIpc) is 3.42. The van der Waals surface area contributed by atoms with E-state index in [2.05, 4.69) is 21.2 Å². The summed E-state index contributed by atoms with van der Waals surface area (Å²) in [5, 5.41) is 3.36. The van der Waals surface area contributed by atoms with Crippen LogP contribution in [0, 0.1) is 0 Å². The molecule has 9 heteroatoms. The van der Waals surface area contributed by atoms with Crippen molar-refractivity contribution in [2.75, 3.05) is 19.8 Å². The number of rotatable bonds is 11. The summed E-state index contributed by atoms with van der Waals surface area (Å²) in [6, 6.07) is 17.0. The summed E-state index contributed by atoms with van der Waals surface area (Å²) in [5.74, 6) is 3.13. The normalized spacial score (nSPS) is 14.3. The van der Waals surface area contributed by atoms with Gasteiger partial charge in [-0.05, 0) is 80.5 Å². The molecule has 36 heavy (non-hydrogen) atoms. The Bertz CT molecular complexity index is 1270. The van der Waals surface area contributed by atoms with Crippen LogP contribution >= 0.6 is 28.1 Å². The molecule has 4 rings (SSSR count). The zero-order valence-corrected chi connectivity index (χ0v) is 22.5. The van der Waals surface area contributed by atoms with Gasteiger partial charge in [0.2, 0.25) is 0 Å². The van der Waals surface area contributed by atoms with Crippen molar-refractivity contribution >= 4 is 45.2 Å². The molecule has 0 atom stereocenters. The summed E-state index contributed by atoms with van der Waals surface area (Å²) < 4.78 is 23.8. The van der Waals surface area contributed by atoms with Gasteiger partial charge >= 0.3 is 0 Å². The molecular weight excluding hydrogens is 544 g/mol. The molecule has 0 bridgehead atoms. The van der Waals surface area contributed by atoms with E-state index in [4.69, 9.17) is 30.8 Å². The highest BCUT2D eigenvalue weighted by Gasteiger charge is 2.30. The second-order valence-corrected chi connectivity index (χ2v) is 9.19.